The van der Waals surface area contributed by atoms with Gasteiger partial charge in [-0.05, 0) is 67.3 Å². The van der Waals surface area contributed by atoms with E-state index in [1.54, 1.807) is 36.5 Å². The van der Waals surface area contributed by atoms with E-state index < -0.39 is 22.0 Å². The summed E-state index contributed by atoms with van der Waals surface area (Å²) in [5.74, 6) is -0.484. The van der Waals surface area contributed by atoms with Crippen molar-refractivity contribution in [3.63, 3.8) is 0 Å². The van der Waals surface area contributed by atoms with Crippen LogP contribution in [0.25, 0.3) is 11.3 Å². The van der Waals surface area contributed by atoms with Crippen molar-refractivity contribution >= 4 is 50.9 Å². The van der Waals surface area contributed by atoms with Gasteiger partial charge in [-0.25, -0.2) is 17.9 Å². The van der Waals surface area contributed by atoms with E-state index in [4.69, 9.17) is 28.3 Å². The maximum absolute atomic E-state index is 12.9. The van der Waals surface area contributed by atoms with Gasteiger partial charge < -0.3 is 15.3 Å². The minimum Gasteiger partial charge on any atom is -0.465 e. The van der Waals surface area contributed by atoms with E-state index in [1.165, 1.54) is 23.1 Å². The monoisotopic (exact) mass is 562 g/mol. The predicted molar refractivity (Wildman–Crippen MR) is 142 cm³/mol. The molecule has 1 aliphatic heterocycles. The third kappa shape index (κ3) is 6.58. The van der Waals surface area contributed by atoms with Crippen LogP contribution in [0, 0.1) is 5.92 Å². The first kappa shape index (κ1) is 26.9. The Balaban J connectivity index is 1.42. The number of benzene rings is 2. The summed E-state index contributed by atoms with van der Waals surface area (Å²) in [6.07, 6.45) is 1.81. The zero-order valence-corrected chi connectivity index (χ0v) is 21.9. The molecule has 1 aliphatic rings. The van der Waals surface area contributed by atoms with Crippen LogP contribution in [0.4, 0.5) is 10.5 Å². The average molecular weight is 563 g/mol. The number of carboxylic acid groups (broad SMARTS) is 1. The van der Waals surface area contributed by atoms with E-state index in [9.17, 15) is 18.0 Å². The van der Waals surface area contributed by atoms with Crippen LogP contribution in [0.3, 0.4) is 0 Å². The van der Waals surface area contributed by atoms with Gasteiger partial charge >= 0.3 is 6.09 Å². The smallest absolute Gasteiger partial charge is 0.407 e. The summed E-state index contributed by atoms with van der Waals surface area (Å²) in [4.78, 5) is 29.4. The highest BCUT2D eigenvalue weighted by molar-refractivity contribution is 7.89. The normalized spacial score (nSPS) is 14.4. The second-order valence-electron chi connectivity index (χ2n) is 8.57. The summed E-state index contributed by atoms with van der Waals surface area (Å²) >= 11 is 12.6. The van der Waals surface area contributed by atoms with E-state index in [2.05, 4.69) is 15.0 Å². The number of sulfonamides is 1. The van der Waals surface area contributed by atoms with Crippen LogP contribution in [-0.4, -0.2) is 55.0 Å². The lowest BCUT2D eigenvalue weighted by Crippen LogP contribution is -2.40. The van der Waals surface area contributed by atoms with E-state index in [-0.39, 0.29) is 27.9 Å². The third-order valence-electron chi connectivity index (χ3n) is 6.11. The first-order chi connectivity index (χ1) is 17.6. The fourth-order valence-corrected chi connectivity index (χ4v) is 5.69. The molecule has 1 fully saturated rings. The molecule has 3 N–H and O–H groups in total. The Bertz CT molecular complexity index is 1410. The molecule has 0 bridgehead atoms. The average Bonchev–Trinajstić information content (AvgIpc) is 2.89. The minimum atomic E-state index is -3.87. The second-order valence-corrected chi connectivity index (χ2v) is 11.2. The van der Waals surface area contributed by atoms with Crippen molar-refractivity contribution in [2.45, 2.75) is 17.7 Å². The number of halogens is 2. The van der Waals surface area contributed by atoms with Gasteiger partial charge in [0, 0.05) is 37.1 Å². The Kier molecular flexibility index (Phi) is 8.33. The number of nitrogens with zero attached hydrogens (tertiary/aromatic N) is 2. The van der Waals surface area contributed by atoms with Gasteiger partial charge in [0.2, 0.25) is 10.0 Å². The van der Waals surface area contributed by atoms with Crippen molar-refractivity contribution in [2.24, 2.45) is 5.92 Å². The van der Waals surface area contributed by atoms with Crippen LogP contribution in [0.15, 0.2) is 65.7 Å². The first-order valence-electron chi connectivity index (χ1n) is 11.4. The molecular weight excluding hydrogens is 539 g/mol. The summed E-state index contributed by atoms with van der Waals surface area (Å²) in [5, 5.41) is 12.2. The number of likely N-dealkylation sites (tertiary alicyclic amines) is 1. The number of hydrogen-bond donors (Lipinski definition) is 3. The van der Waals surface area contributed by atoms with E-state index >= 15 is 0 Å². The molecule has 2 amide bonds. The minimum absolute atomic E-state index is 0.0194. The number of carbonyl (C=O) groups excluding carboxylic acids is 1. The van der Waals surface area contributed by atoms with Crippen molar-refractivity contribution in [3.8, 4) is 11.3 Å². The maximum atomic E-state index is 12.9. The number of rotatable bonds is 7. The summed E-state index contributed by atoms with van der Waals surface area (Å²) in [6, 6.07) is 14.3. The third-order valence-corrected chi connectivity index (χ3v) is 8.17. The Morgan fingerprint density at radius 1 is 1.03 bits per heavy atom. The zero-order valence-electron chi connectivity index (χ0n) is 19.5. The molecule has 194 valence electrons. The SMILES string of the molecule is O=C(Nc1ccc(Cl)c(-c2ccccn2)c1)c1ccc(S(=O)(=O)NCC2CCN(C(=O)O)CC2)cc1Cl. The number of anilines is 1. The molecule has 1 aromatic heterocycles. The van der Waals surface area contributed by atoms with Gasteiger partial charge in [0.05, 0.1) is 26.2 Å². The molecule has 3 aromatic rings. The molecular formula is C25H24Cl2N4O5S. The van der Waals surface area contributed by atoms with E-state index in [1.807, 2.05) is 6.07 Å². The molecule has 4 rings (SSSR count). The highest BCUT2D eigenvalue weighted by atomic mass is 35.5. The Morgan fingerprint density at radius 2 is 1.78 bits per heavy atom. The fourth-order valence-electron chi connectivity index (χ4n) is 4.01. The second kappa shape index (κ2) is 11.5. The molecule has 1 saturated heterocycles. The molecule has 0 radical (unpaired) electrons. The summed E-state index contributed by atoms with van der Waals surface area (Å²) in [6.45, 7) is 0.924. The summed E-state index contributed by atoms with van der Waals surface area (Å²) in [7, 11) is -3.87. The molecule has 0 atom stereocenters. The fraction of sp³-hybridized carbons (Fsp3) is 0.240. The van der Waals surface area contributed by atoms with Crippen molar-refractivity contribution in [2.75, 3.05) is 25.0 Å². The highest BCUT2D eigenvalue weighted by Gasteiger charge is 2.25. The molecule has 2 aromatic carbocycles. The summed E-state index contributed by atoms with van der Waals surface area (Å²) in [5.41, 5.74) is 1.87. The molecule has 37 heavy (non-hydrogen) atoms. The molecule has 0 spiro atoms. The largest absolute Gasteiger partial charge is 0.465 e. The van der Waals surface area contributed by atoms with E-state index in [0.717, 1.165) is 0 Å². The lowest BCUT2D eigenvalue weighted by atomic mass is 9.97. The van der Waals surface area contributed by atoms with Gasteiger partial charge in [0.1, 0.15) is 0 Å². The Labute approximate surface area is 224 Å². The van der Waals surface area contributed by atoms with Crippen LogP contribution < -0.4 is 10.0 Å². The Hall–Kier alpha value is -3.18. The number of amides is 2. The zero-order chi connectivity index (χ0) is 26.6. The number of aromatic nitrogens is 1. The lowest BCUT2D eigenvalue weighted by molar-refractivity contribution is 0.102. The number of carbonyl (C=O) groups is 2. The van der Waals surface area contributed by atoms with Gasteiger partial charge in [0.25, 0.3) is 5.91 Å². The van der Waals surface area contributed by atoms with Gasteiger partial charge in [0.15, 0.2) is 0 Å². The quantitative estimate of drug-likeness (QED) is 0.372. The van der Waals surface area contributed by atoms with E-state index in [0.29, 0.717) is 47.9 Å². The van der Waals surface area contributed by atoms with Gasteiger partial charge in [-0.15, -0.1) is 0 Å². The molecule has 0 aliphatic carbocycles. The maximum Gasteiger partial charge on any atom is 0.407 e. The Morgan fingerprint density at radius 3 is 2.43 bits per heavy atom. The number of pyridine rings is 1. The predicted octanol–water partition coefficient (Wildman–Crippen LogP) is 4.98. The topological polar surface area (TPSA) is 129 Å². The van der Waals surface area contributed by atoms with Crippen LogP contribution in [-0.2, 0) is 10.0 Å². The highest BCUT2D eigenvalue weighted by Crippen LogP contribution is 2.30. The lowest BCUT2D eigenvalue weighted by Gasteiger charge is -2.29. The number of piperidine rings is 1. The standard InChI is InChI=1S/C25H24Cl2N4O5S/c26-21-7-4-17(13-20(21)23-3-1-2-10-28-23)30-24(32)19-6-5-18(14-22(19)27)37(35,36)29-15-16-8-11-31(12-9-16)25(33)34/h1-7,10,13-14,16,29H,8-9,11-12,15H2,(H,30,32)(H,33,34). The van der Waals surface area contributed by atoms with Gasteiger partial charge in [-0.3, -0.25) is 9.78 Å². The first-order valence-corrected chi connectivity index (χ1v) is 13.7. The van der Waals surface area contributed by atoms with Crippen molar-refractivity contribution in [3.05, 3.63) is 76.4 Å². The molecule has 12 heteroatoms. The molecule has 2 heterocycles. The van der Waals surface area contributed by atoms with Crippen molar-refractivity contribution in [1.29, 1.82) is 0 Å². The van der Waals surface area contributed by atoms with Gasteiger partial charge in [-0.2, -0.15) is 0 Å². The molecule has 0 unspecified atom stereocenters. The molecule has 9 nitrogen and oxygen atoms in total. The molecule has 0 saturated carbocycles. The van der Waals surface area contributed by atoms with Crippen molar-refractivity contribution in [1.82, 2.24) is 14.6 Å². The van der Waals surface area contributed by atoms with Crippen LogP contribution in [0.5, 0.6) is 0 Å². The van der Waals surface area contributed by atoms with Crippen LogP contribution >= 0.6 is 23.2 Å². The summed E-state index contributed by atoms with van der Waals surface area (Å²) < 4.78 is 28.1. The number of nitrogens with one attached hydrogen (secondary N) is 2. The van der Waals surface area contributed by atoms with Gasteiger partial charge in [-0.1, -0.05) is 29.3 Å². The number of hydrogen-bond acceptors (Lipinski definition) is 5. The van der Waals surface area contributed by atoms with Crippen molar-refractivity contribution < 1.29 is 23.1 Å². The van der Waals surface area contributed by atoms with Crippen LogP contribution in [0.2, 0.25) is 10.0 Å². The van der Waals surface area contributed by atoms with Crippen LogP contribution in [0.1, 0.15) is 23.2 Å².